The van der Waals surface area contributed by atoms with Crippen LogP contribution in [0.5, 0.6) is 0 Å². The minimum absolute atomic E-state index is 0.0891. The smallest absolute Gasteiger partial charge is 0.356 e. The molecule has 1 saturated heterocycles. The monoisotopic (exact) mass is 531 g/mol. The number of aryl methyl sites for hydroxylation is 1. The van der Waals surface area contributed by atoms with Crippen LogP contribution in [0.4, 0.5) is 11.6 Å². The minimum atomic E-state index is -1.19. The number of hydrogen-bond acceptors (Lipinski definition) is 8. The van der Waals surface area contributed by atoms with Gasteiger partial charge in [-0.15, -0.1) is 0 Å². The summed E-state index contributed by atoms with van der Waals surface area (Å²) in [5.41, 5.74) is 2.74. The number of nitrogens with zero attached hydrogens (tertiary/aromatic N) is 6. The molecule has 1 saturated carbocycles. The molecule has 11 heteroatoms. The fourth-order valence-corrected chi connectivity index (χ4v) is 5.48. The van der Waals surface area contributed by atoms with E-state index in [0.717, 1.165) is 36.1 Å². The number of nitrogens with one attached hydrogen (secondary N) is 1. The first-order valence-electron chi connectivity index (χ1n) is 12.4. The van der Waals surface area contributed by atoms with E-state index in [9.17, 15) is 14.7 Å². The second kappa shape index (κ2) is 9.05. The second-order valence-electron chi connectivity index (χ2n) is 10.2. The molecular weight excluding hydrogens is 506 g/mol. The summed E-state index contributed by atoms with van der Waals surface area (Å²) < 4.78 is 1.51. The molecule has 4 aromatic rings. The highest BCUT2D eigenvalue weighted by atomic mass is 35.5. The van der Waals surface area contributed by atoms with Gasteiger partial charge in [0.05, 0.1) is 28.2 Å². The van der Waals surface area contributed by atoms with Crippen molar-refractivity contribution >= 4 is 40.1 Å². The maximum Gasteiger partial charge on any atom is 0.356 e. The van der Waals surface area contributed by atoms with Gasteiger partial charge in [-0.05, 0) is 55.9 Å². The normalized spacial score (nSPS) is 18.9. The molecule has 194 valence electrons. The number of halogens is 1. The average Bonchev–Trinajstić information content (AvgIpc) is 3.51. The van der Waals surface area contributed by atoms with Crippen molar-refractivity contribution in [2.24, 2.45) is 18.9 Å². The minimum Gasteiger partial charge on any atom is -0.476 e. The Bertz CT molecular complexity index is 1640. The first kappa shape index (κ1) is 24.3. The van der Waals surface area contributed by atoms with Gasteiger partial charge in [-0.3, -0.25) is 9.36 Å². The van der Waals surface area contributed by atoms with E-state index >= 15 is 0 Å². The number of aromatic carboxylic acids is 1. The number of carbonyl (C=O) groups is 1. The maximum atomic E-state index is 13.5. The molecule has 1 aromatic carbocycles. The molecule has 0 unspecified atom stereocenters. The van der Waals surface area contributed by atoms with Gasteiger partial charge in [0.2, 0.25) is 5.95 Å². The van der Waals surface area contributed by atoms with Crippen LogP contribution in [0.2, 0.25) is 5.15 Å². The molecule has 3 atom stereocenters. The number of carboxylic acids is 1. The molecular formula is C27H26ClN7O3. The van der Waals surface area contributed by atoms with E-state index in [-0.39, 0.29) is 16.4 Å². The van der Waals surface area contributed by atoms with Crippen LogP contribution >= 0.6 is 11.6 Å². The van der Waals surface area contributed by atoms with Gasteiger partial charge in [0.25, 0.3) is 5.56 Å². The molecule has 4 heterocycles. The molecule has 0 amide bonds. The maximum absolute atomic E-state index is 13.5. The summed E-state index contributed by atoms with van der Waals surface area (Å²) in [7, 11) is 1.69. The van der Waals surface area contributed by atoms with Gasteiger partial charge in [0.1, 0.15) is 11.0 Å². The largest absolute Gasteiger partial charge is 0.476 e. The van der Waals surface area contributed by atoms with E-state index in [2.05, 4.69) is 25.2 Å². The Kier molecular flexibility index (Phi) is 5.79. The fourth-order valence-electron chi connectivity index (χ4n) is 5.33. The van der Waals surface area contributed by atoms with E-state index in [1.807, 2.05) is 26.0 Å². The lowest BCUT2D eigenvalue weighted by Gasteiger charge is -2.20. The van der Waals surface area contributed by atoms with Gasteiger partial charge >= 0.3 is 5.97 Å². The van der Waals surface area contributed by atoms with Crippen LogP contribution in [0.15, 0.2) is 41.5 Å². The lowest BCUT2D eigenvalue weighted by molar-refractivity contribution is 0.0691. The molecule has 2 fully saturated rings. The highest BCUT2D eigenvalue weighted by Gasteiger charge is 2.45. The number of aromatic nitrogens is 5. The van der Waals surface area contributed by atoms with Crippen molar-refractivity contribution in [3.63, 3.8) is 0 Å². The highest BCUT2D eigenvalue weighted by Crippen LogP contribution is 2.45. The molecule has 2 N–H and O–H groups in total. The quantitative estimate of drug-likeness (QED) is 0.354. The molecule has 38 heavy (non-hydrogen) atoms. The van der Waals surface area contributed by atoms with Crippen molar-refractivity contribution in [3.05, 3.63) is 69.0 Å². The van der Waals surface area contributed by atoms with Crippen molar-refractivity contribution in [3.8, 4) is 11.4 Å². The molecule has 0 bridgehead atoms. The first-order chi connectivity index (χ1) is 18.2. The Labute approximate surface area is 223 Å². The Morgan fingerprint density at radius 1 is 1.16 bits per heavy atom. The van der Waals surface area contributed by atoms with Crippen molar-refractivity contribution < 1.29 is 9.90 Å². The van der Waals surface area contributed by atoms with E-state index in [4.69, 9.17) is 16.6 Å². The van der Waals surface area contributed by atoms with Crippen molar-refractivity contribution in [1.82, 2.24) is 24.5 Å². The molecule has 0 radical (unpaired) electrons. The van der Waals surface area contributed by atoms with Crippen LogP contribution < -0.4 is 15.8 Å². The zero-order valence-electron chi connectivity index (χ0n) is 21.1. The third-order valence-electron chi connectivity index (χ3n) is 7.41. The second-order valence-corrected chi connectivity index (χ2v) is 10.6. The average molecular weight is 532 g/mol. The summed E-state index contributed by atoms with van der Waals surface area (Å²) in [6.45, 7) is 5.78. The lowest BCUT2D eigenvalue weighted by atomic mass is 10.0. The summed E-state index contributed by atoms with van der Waals surface area (Å²) in [4.78, 5) is 45.4. The molecule has 1 aliphatic heterocycles. The number of hydrogen-bond donors (Lipinski definition) is 2. The number of pyridine rings is 1. The Morgan fingerprint density at radius 2 is 1.87 bits per heavy atom. The number of rotatable bonds is 6. The third-order valence-corrected chi connectivity index (χ3v) is 7.63. The van der Waals surface area contributed by atoms with E-state index < -0.39 is 12.0 Å². The van der Waals surface area contributed by atoms with Gasteiger partial charge in [0, 0.05) is 38.1 Å². The first-order valence-corrected chi connectivity index (χ1v) is 12.8. The van der Waals surface area contributed by atoms with Gasteiger partial charge in [-0.1, -0.05) is 17.7 Å². The van der Waals surface area contributed by atoms with E-state index in [1.54, 1.807) is 25.5 Å². The van der Waals surface area contributed by atoms with Crippen molar-refractivity contribution in [2.75, 3.05) is 23.3 Å². The molecule has 3 aromatic heterocycles. The Morgan fingerprint density at radius 3 is 2.55 bits per heavy atom. The van der Waals surface area contributed by atoms with Crippen molar-refractivity contribution in [2.45, 2.75) is 26.3 Å². The van der Waals surface area contributed by atoms with Gasteiger partial charge < -0.3 is 15.3 Å². The summed E-state index contributed by atoms with van der Waals surface area (Å²) in [5, 5.41) is 13.4. The zero-order valence-corrected chi connectivity index (χ0v) is 21.9. The number of benzene rings is 1. The van der Waals surface area contributed by atoms with Crippen LogP contribution in [0.1, 0.15) is 41.0 Å². The van der Waals surface area contributed by atoms with Crippen molar-refractivity contribution in [1.29, 1.82) is 0 Å². The summed E-state index contributed by atoms with van der Waals surface area (Å²) in [6, 6.07) is 6.46. The van der Waals surface area contributed by atoms with Gasteiger partial charge in [-0.2, -0.15) is 0 Å². The van der Waals surface area contributed by atoms with Crippen LogP contribution in [-0.4, -0.2) is 48.7 Å². The predicted octanol–water partition coefficient (Wildman–Crippen LogP) is 4.07. The van der Waals surface area contributed by atoms with Crippen LogP contribution in [-0.2, 0) is 7.05 Å². The summed E-state index contributed by atoms with van der Waals surface area (Å²) in [6.07, 6.45) is 4.74. The highest BCUT2D eigenvalue weighted by molar-refractivity contribution is 6.29. The number of fused-ring (bicyclic) bond motifs is 2. The topological polar surface area (TPSA) is 126 Å². The molecule has 6 rings (SSSR count). The Hall–Kier alpha value is -4.05. The standard InChI is InChI=1S/C27H26ClN7O3/c1-13-6-18(14(2)31-20-4-5-21(28)32-23(20)26(37)38)22-19(7-13)25(36)34(3)24(33-22)17-9-29-27(30-10-17)35-11-15-8-16(15)12-35/h4-7,9-10,14-16,31H,8,11-12H2,1-3H3,(H,37,38)/t14-,15-,16+/m1/s1. The van der Waals surface area contributed by atoms with E-state index in [0.29, 0.717) is 33.9 Å². The van der Waals surface area contributed by atoms with Gasteiger partial charge in [-0.25, -0.2) is 24.7 Å². The summed E-state index contributed by atoms with van der Waals surface area (Å²) >= 11 is 5.91. The van der Waals surface area contributed by atoms with Crippen LogP contribution in [0.3, 0.4) is 0 Å². The SMILES string of the molecule is Cc1cc([C@@H](C)Nc2ccc(Cl)nc2C(=O)O)c2nc(-c3cnc(N4C[C@H]5C[C@H]5C4)nc3)n(C)c(=O)c2c1. The molecule has 2 aliphatic rings. The van der Waals surface area contributed by atoms with Crippen LogP contribution in [0.25, 0.3) is 22.3 Å². The van der Waals surface area contributed by atoms with Crippen LogP contribution in [0, 0.1) is 18.8 Å². The number of anilines is 2. The molecule has 1 aliphatic carbocycles. The number of carboxylic acid groups (broad SMARTS) is 1. The molecule has 10 nitrogen and oxygen atoms in total. The third kappa shape index (κ3) is 4.24. The molecule has 0 spiro atoms. The lowest BCUT2D eigenvalue weighted by Crippen LogP contribution is -2.24. The fraction of sp³-hybridized carbons (Fsp3) is 0.333. The van der Waals surface area contributed by atoms with Gasteiger partial charge in [0.15, 0.2) is 5.69 Å². The zero-order chi connectivity index (χ0) is 26.7. The Balaban J connectivity index is 1.40. The predicted molar refractivity (Wildman–Crippen MR) is 145 cm³/mol. The number of piperidine rings is 1. The van der Waals surface area contributed by atoms with E-state index in [1.165, 1.54) is 17.1 Å². The summed E-state index contributed by atoms with van der Waals surface area (Å²) in [5.74, 6) is 1.50.